The molecule has 0 spiro atoms. The van der Waals surface area contributed by atoms with Crippen molar-refractivity contribution in [1.29, 1.82) is 0 Å². The summed E-state index contributed by atoms with van der Waals surface area (Å²) in [6, 6.07) is -1.71. The Kier molecular flexibility index (Phi) is 5.83. The van der Waals surface area contributed by atoms with Gasteiger partial charge in [-0.25, -0.2) is 9.97 Å². The van der Waals surface area contributed by atoms with E-state index in [-0.39, 0.29) is 19.5 Å². The van der Waals surface area contributed by atoms with Crippen LogP contribution >= 0.6 is 0 Å². The molecule has 0 aromatic carbocycles. The first-order valence-corrected chi connectivity index (χ1v) is 6.93. The standard InChI is InChI=1S/C13H18N6O4/c20-12(21)10(1-8-3-14-5-16-8)18-7-19-11(13(22)23)2-9-4-15-6-17-9/h3-6,10-11,18-19H,1-2,7H2,(H,14,16)(H,15,17)(H,20,21)(H,22,23). The van der Waals surface area contributed by atoms with Crippen molar-refractivity contribution in [3.8, 4) is 0 Å². The second-order valence-corrected chi connectivity index (χ2v) is 4.93. The van der Waals surface area contributed by atoms with Gasteiger partial charge in [0.05, 0.1) is 12.7 Å². The Morgan fingerprint density at radius 1 is 0.957 bits per heavy atom. The summed E-state index contributed by atoms with van der Waals surface area (Å²) in [6.45, 7) is 0.0379. The van der Waals surface area contributed by atoms with Gasteiger partial charge in [-0.15, -0.1) is 0 Å². The SMILES string of the molecule is O=C(O)C(Cc1cnc[nH]1)NCNC(Cc1cnc[nH]1)C(=O)O. The number of carboxylic acid groups (broad SMARTS) is 2. The number of rotatable bonds is 10. The van der Waals surface area contributed by atoms with Gasteiger partial charge in [0.1, 0.15) is 12.1 Å². The third kappa shape index (κ3) is 5.20. The molecule has 0 fully saturated rings. The lowest BCUT2D eigenvalue weighted by Crippen LogP contribution is -2.48. The number of H-pyrrole nitrogens is 2. The molecule has 2 aromatic rings. The van der Waals surface area contributed by atoms with Gasteiger partial charge in [-0.1, -0.05) is 0 Å². The molecule has 6 N–H and O–H groups in total. The zero-order chi connectivity index (χ0) is 16.7. The Morgan fingerprint density at radius 2 is 1.39 bits per heavy atom. The third-order valence-electron chi connectivity index (χ3n) is 3.25. The number of nitrogens with zero attached hydrogens (tertiary/aromatic N) is 2. The largest absolute Gasteiger partial charge is 0.480 e. The minimum absolute atomic E-state index is 0.0379. The molecule has 2 unspecified atom stereocenters. The number of aromatic nitrogens is 4. The lowest BCUT2D eigenvalue weighted by atomic mass is 10.1. The van der Waals surface area contributed by atoms with Crippen LogP contribution in [0.4, 0.5) is 0 Å². The molecular weight excluding hydrogens is 304 g/mol. The van der Waals surface area contributed by atoms with Gasteiger partial charge in [0.25, 0.3) is 0 Å². The molecule has 124 valence electrons. The van der Waals surface area contributed by atoms with Crippen molar-refractivity contribution in [2.45, 2.75) is 24.9 Å². The second kappa shape index (κ2) is 8.06. The van der Waals surface area contributed by atoms with E-state index in [0.717, 1.165) is 0 Å². The highest BCUT2D eigenvalue weighted by Crippen LogP contribution is 2.00. The zero-order valence-electron chi connectivity index (χ0n) is 12.2. The van der Waals surface area contributed by atoms with Crippen molar-refractivity contribution in [1.82, 2.24) is 30.6 Å². The Hall–Kier alpha value is -2.72. The molecule has 0 aliphatic rings. The summed E-state index contributed by atoms with van der Waals surface area (Å²) in [7, 11) is 0. The number of aliphatic carboxylic acids is 2. The van der Waals surface area contributed by atoms with Gasteiger partial charge in [-0.2, -0.15) is 0 Å². The summed E-state index contributed by atoms with van der Waals surface area (Å²) in [5.74, 6) is -2.05. The van der Waals surface area contributed by atoms with Crippen molar-refractivity contribution in [2.75, 3.05) is 6.67 Å². The van der Waals surface area contributed by atoms with E-state index in [2.05, 4.69) is 30.6 Å². The lowest BCUT2D eigenvalue weighted by Gasteiger charge is -2.17. The van der Waals surface area contributed by atoms with Crippen LogP contribution < -0.4 is 10.6 Å². The summed E-state index contributed by atoms with van der Waals surface area (Å²) in [5, 5.41) is 23.9. The van der Waals surface area contributed by atoms with Crippen LogP contribution in [0.25, 0.3) is 0 Å². The number of carbonyl (C=O) groups is 2. The van der Waals surface area contributed by atoms with Crippen LogP contribution in [0.1, 0.15) is 11.4 Å². The Bertz CT molecular complexity index is 558. The molecule has 0 aliphatic heterocycles. The number of aromatic amines is 2. The maximum Gasteiger partial charge on any atom is 0.321 e. The number of nitrogens with one attached hydrogen (secondary N) is 4. The fourth-order valence-electron chi connectivity index (χ4n) is 2.03. The van der Waals surface area contributed by atoms with Gasteiger partial charge in [-0.05, 0) is 0 Å². The van der Waals surface area contributed by atoms with E-state index in [4.69, 9.17) is 0 Å². The minimum Gasteiger partial charge on any atom is -0.480 e. The van der Waals surface area contributed by atoms with E-state index in [0.29, 0.717) is 11.4 Å². The van der Waals surface area contributed by atoms with E-state index in [9.17, 15) is 19.8 Å². The fourth-order valence-corrected chi connectivity index (χ4v) is 2.03. The van der Waals surface area contributed by atoms with Crippen molar-refractivity contribution in [3.63, 3.8) is 0 Å². The predicted molar refractivity (Wildman–Crippen MR) is 78.6 cm³/mol. The third-order valence-corrected chi connectivity index (χ3v) is 3.25. The van der Waals surface area contributed by atoms with Crippen LogP contribution in [0, 0.1) is 0 Å². The van der Waals surface area contributed by atoms with E-state index in [1.807, 2.05) is 0 Å². The molecule has 2 heterocycles. The zero-order valence-corrected chi connectivity index (χ0v) is 12.2. The summed E-state index contributed by atoms with van der Waals surface area (Å²) in [4.78, 5) is 35.8. The average Bonchev–Trinajstić information content (AvgIpc) is 3.18. The molecule has 10 nitrogen and oxygen atoms in total. The fraction of sp³-hybridized carbons (Fsp3) is 0.385. The maximum atomic E-state index is 11.2. The van der Waals surface area contributed by atoms with E-state index in [1.54, 1.807) is 12.4 Å². The molecule has 0 saturated carbocycles. The smallest absolute Gasteiger partial charge is 0.321 e. The number of imidazole rings is 2. The average molecular weight is 322 g/mol. The van der Waals surface area contributed by atoms with Gasteiger partial charge in [0.15, 0.2) is 0 Å². The van der Waals surface area contributed by atoms with Crippen molar-refractivity contribution in [2.24, 2.45) is 0 Å². The summed E-state index contributed by atoms with van der Waals surface area (Å²) in [5.41, 5.74) is 1.36. The molecule has 23 heavy (non-hydrogen) atoms. The highest BCUT2D eigenvalue weighted by molar-refractivity contribution is 5.74. The van der Waals surface area contributed by atoms with Crippen molar-refractivity contribution in [3.05, 3.63) is 36.4 Å². The van der Waals surface area contributed by atoms with Crippen LogP contribution in [-0.2, 0) is 22.4 Å². The normalized spacial score (nSPS) is 13.6. The van der Waals surface area contributed by atoms with E-state index in [1.165, 1.54) is 12.7 Å². The molecule has 10 heteroatoms. The molecule has 0 saturated heterocycles. The Labute approximate surface area is 131 Å². The van der Waals surface area contributed by atoms with Crippen molar-refractivity contribution < 1.29 is 19.8 Å². The molecule has 0 radical (unpaired) electrons. The van der Waals surface area contributed by atoms with Crippen LogP contribution in [0.5, 0.6) is 0 Å². The number of carboxylic acids is 2. The Morgan fingerprint density at radius 3 is 1.70 bits per heavy atom. The quantitative estimate of drug-likeness (QED) is 0.303. The lowest BCUT2D eigenvalue weighted by molar-refractivity contribution is -0.139. The molecule has 0 amide bonds. The van der Waals surface area contributed by atoms with Crippen LogP contribution in [0.15, 0.2) is 25.0 Å². The van der Waals surface area contributed by atoms with Crippen LogP contribution in [-0.4, -0.2) is 60.8 Å². The number of hydrogen-bond donors (Lipinski definition) is 6. The van der Waals surface area contributed by atoms with E-state index >= 15 is 0 Å². The van der Waals surface area contributed by atoms with E-state index < -0.39 is 24.0 Å². The summed E-state index contributed by atoms with van der Waals surface area (Å²) >= 11 is 0. The predicted octanol–water partition coefficient (Wildman–Crippen LogP) is -1.04. The van der Waals surface area contributed by atoms with Crippen molar-refractivity contribution >= 4 is 11.9 Å². The molecule has 0 aliphatic carbocycles. The minimum atomic E-state index is -1.03. The maximum absolute atomic E-state index is 11.2. The second-order valence-electron chi connectivity index (χ2n) is 4.93. The van der Waals surface area contributed by atoms with Gasteiger partial charge >= 0.3 is 11.9 Å². The molecule has 2 rings (SSSR count). The first-order valence-electron chi connectivity index (χ1n) is 6.93. The van der Waals surface area contributed by atoms with Gasteiger partial charge in [-0.3, -0.25) is 20.2 Å². The summed E-state index contributed by atoms with van der Waals surface area (Å²) in [6.07, 6.45) is 6.46. The van der Waals surface area contributed by atoms with Gasteiger partial charge in [0, 0.05) is 43.3 Å². The summed E-state index contributed by atoms with van der Waals surface area (Å²) < 4.78 is 0. The highest BCUT2D eigenvalue weighted by Gasteiger charge is 2.21. The monoisotopic (exact) mass is 322 g/mol. The van der Waals surface area contributed by atoms with Crippen LogP contribution in [0.2, 0.25) is 0 Å². The first-order chi connectivity index (χ1) is 11.1. The van der Waals surface area contributed by atoms with Gasteiger partial charge in [0.2, 0.25) is 0 Å². The first kappa shape index (κ1) is 16.6. The number of hydrogen-bond acceptors (Lipinski definition) is 6. The topological polar surface area (TPSA) is 156 Å². The highest BCUT2D eigenvalue weighted by atomic mass is 16.4. The molecule has 2 aromatic heterocycles. The van der Waals surface area contributed by atoms with Gasteiger partial charge < -0.3 is 20.2 Å². The molecular formula is C13H18N6O4. The Balaban J connectivity index is 1.84. The van der Waals surface area contributed by atoms with Crippen LogP contribution in [0.3, 0.4) is 0 Å². The molecule has 2 atom stereocenters. The molecule has 0 bridgehead atoms.